The van der Waals surface area contributed by atoms with Gasteiger partial charge in [-0.15, -0.1) is 18.3 Å². The minimum atomic E-state index is -4.75. The first-order chi connectivity index (χ1) is 21.1. The maximum absolute atomic E-state index is 12.7. The number of hydrogen-bond acceptors (Lipinski definition) is 5. The summed E-state index contributed by atoms with van der Waals surface area (Å²) in [6, 6.07) is 18.6. The standard InChI is InChI=1S/C32H31F3N6O2S/c1-21(2)28-22(3)6-4-7-27(28)40-18-5-19-44-31(40)38-30(42)36-17-16-23-8-10-24(11-9-23)29-37-20-41(39-29)25-12-14-26(15-13-25)43-32(33,34)35/h4,6-15,17,20-21H,5,16,18-19H2,1-3H3. The number of halogens is 3. The summed E-state index contributed by atoms with van der Waals surface area (Å²) in [7, 11) is 0. The van der Waals surface area contributed by atoms with E-state index in [1.165, 1.54) is 46.4 Å². The van der Waals surface area contributed by atoms with Crippen LogP contribution < -0.4 is 9.64 Å². The van der Waals surface area contributed by atoms with Crippen LogP contribution in [-0.4, -0.2) is 50.8 Å². The first-order valence-electron chi connectivity index (χ1n) is 14.1. The second-order valence-corrected chi connectivity index (χ2v) is 11.5. The zero-order chi connectivity index (χ0) is 31.3. The average Bonchev–Trinajstić information content (AvgIpc) is 3.47. The quantitative estimate of drug-likeness (QED) is 0.195. The number of rotatable bonds is 7. The molecule has 2 amide bonds. The number of aromatic nitrogens is 3. The molecule has 8 nitrogen and oxygen atoms in total. The van der Waals surface area contributed by atoms with Gasteiger partial charge in [-0.1, -0.05) is 62.0 Å². The smallest absolute Gasteiger partial charge is 0.406 e. The van der Waals surface area contributed by atoms with Crippen molar-refractivity contribution in [2.24, 2.45) is 9.98 Å². The van der Waals surface area contributed by atoms with Crippen LogP contribution in [0.1, 0.15) is 42.9 Å². The Bertz CT molecular complexity index is 1660. The fraction of sp³-hybridized carbons (Fsp3) is 0.281. The van der Waals surface area contributed by atoms with E-state index in [-0.39, 0.29) is 5.75 Å². The van der Waals surface area contributed by atoms with Gasteiger partial charge in [-0.3, -0.25) is 0 Å². The number of alkyl halides is 3. The van der Waals surface area contributed by atoms with Gasteiger partial charge in [0.15, 0.2) is 11.0 Å². The molecule has 1 aliphatic heterocycles. The van der Waals surface area contributed by atoms with Crippen LogP contribution in [0.15, 0.2) is 83.0 Å². The molecule has 12 heteroatoms. The van der Waals surface area contributed by atoms with Crippen molar-refractivity contribution in [3.8, 4) is 22.8 Å². The summed E-state index contributed by atoms with van der Waals surface area (Å²) in [5.41, 5.74) is 5.81. The molecule has 44 heavy (non-hydrogen) atoms. The van der Waals surface area contributed by atoms with Gasteiger partial charge in [-0.05, 0) is 66.3 Å². The zero-order valence-corrected chi connectivity index (χ0v) is 25.3. The predicted octanol–water partition coefficient (Wildman–Crippen LogP) is 8.00. The number of amides is 2. The van der Waals surface area contributed by atoms with Crippen LogP contribution in [0.25, 0.3) is 17.1 Å². The summed E-state index contributed by atoms with van der Waals surface area (Å²) in [6.45, 7) is 7.26. The third kappa shape index (κ3) is 7.73. The zero-order valence-electron chi connectivity index (χ0n) is 24.5. The van der Waals surface area contributed by atoms with Gasteiger partial charge in [0.2, 0.25) is 0 Å². The summed E-state index contributed by atoms with van der Waals surface area (Å²) in [5.74, 6) is 1.38. The Hall–Kier alpha value is -4.45. The molecule has 1 fully saturated rings. The number of ether oxygens (including phenoxy) is 1. The molecule has 0 N–H and O–H groups in total. The molecule has 0 aliphatic carbocycles. The molecule has 0 atom stereocenters. The Morgan fingerprint density at radius 1 is 1.09 bits per heavy atom. The van der Waals surface area contributed by atoms with E-state index in [9.17, 15) is 18.0 Å². The molecule has 0 bridgehead atoms. The second kappa shape index (κ2) is 13.5. The van der Waals surface area contributed by atoms with Crippen molar-refractivity contribution in [1.82, 2.24) is 14.8 Å². The number of aliphatic imine (C=N–C) groups is 2. The number of nitrogens with zero attached hydrogens (tertiary/aromatic N) is 6. The summed E-state index contributed by atoms with van der Waals surface area (Å²) < 4.78 is 42.6. The minimum absolute atomic E-state index is 0.313. The van der Waals surface area contributed by atoms with Crippen LogP contribution >= 0.6 is 11.8 Å². The molecule has 0 unspecified atom stereocenters. The lowest BCUT2D eigenvalue weighted by Gasteiger charge is -2.32. The van der Waals surface area contributed by atoms with Crippen molar-refractivity contribution < 1.29 is 22.7 Å². The molecule has 3 aromatic carbocycles. The van der Waals surface area contributed by atoms with Crippen molar-refractivity contribution in [2.75, 3.05) is 17.2 Å². The third-order valence-electron chi connectivity index (χ3n) is 6.92. The molecule has 2 heterocycles. The van der Waals surface area contributed by atoms with E-state index in [0.717, 1.165) is 35.5 Å². The van der Waals surface area contributed by atoms with Gasteiger partial charge in [-0.2, -0.15) is 4.99 Å². The van der Waals surface area contributed by atoms with E-state index in [1.54, 1.807) is 18.0 Å². The normalized spacial score (nSPS) is 15.0. The number of carbonyl (C=O) groups excluding carboxylic acids is 1. The number of hydrogen-bond donors (Lipinski definition) is 0. The van der Waals surface area contributed by atoms with E-state index >= 15 is 0 Å². The van der Waals surface area contributed by atoms with Crippen LogP contribution in [0.5, 0.6) is 5.75 Å². The number of anilines is 1. The lowest BCUT2D eigenvalue weighted by molar-refractivity contribution is -0.274. The molecule has 0 spiro atoms. The summed E-state index contributed by atoms with van der Waals surface area (Å²) in [5, 5.41) is 5.10. The van der Waals surface area contributed by atoms with Crippen LogP contribution in [0.2, 0.25) is 0 Å². The molecule has 228 valence electrons. The van der Waals surface area contributed by atoms with Gasteiger partial charge in [-0.25, -0.2) is 19.5 Å². The van der Waals surface area contributed by atoms with Crippen LogP contribution in [0.3, 0.4) is 0 Å². The maximum Gasteiger partial charge on any atom is 0.573 e. The molecule has 1 aliphatic rings. The monoisotopic (exact) mass is 620 g/mol. The highest BCUT2D eigenvalue weighted by Gasteiger charge is 2.31. The van der Waals surface area contributed by atoms with Gasteiger partial charge < -0.3 is 9.64 Å². The number of carbonyl (C=O) groups is 1. The fourth-order valence-electron chi connectivity index (χ4n) is 4.98. The second-order valence-electron chi connectivity index (χ2n) is 10.5. The van der Waals surface area contributed by atoms with Crippen LogP contribution in [0.4, 0.5) is 23.7 Å². The van der Waals surface area contributed by atoms with Crippen LogP contribution in [-0.2, 0) is 6.42 Å². The number of thioether (sulfide) groups is 1. The average molecular weight is 621 g/mol. The van der Waals surface area contributed by atoms with Crippen molar-refractivity contribution in [1.29, 1.82) is 0 Å². The number of benzene rings is 3. The van der Waals surface area contributed by atoms with Gasteiger partial charge in [0.1, 0.15) is 12.1 Å². The Labute approximate surface area is 257 Å². The predicted molar refractivity (Wildman–Crippen MR) is 168 cm³/mol. The maximum atomic E-state index is 12.7. The summed E-state index contributed by atoms with van der Waals surface area (Å²) >= 11 is 1.57. The molecule has 1 saturated heterocycles. The highest BCUT2D eigenvalue weighted by molar-refractivity contribution is 8.14. The first-order valence-corrected chi connectivity index (χ1v) is 15.1. The van der Waals surface area contributed by atoms with Gasteiger partial charge in [0.05, 0.1) is 5.69 Å². The van der Waals surface area contributed by atoms with Gasteiger partial charge >= 0.3 is 12.4 Å². The fourth-order valence-corrected chi connectivity index (χ4v) is 5.92. The van der Waals surface area contributed by atoms with Gasteiger partial charge in [0.25, 0.3) is 0 Å². The van der Waals surface area contributed by atoms with E-state index in [2.05, 4.69) is 62.6 Å². The van der Waals surface area contributed by atoms with Crippen molar-refractivity contribution in [3.05, 3.63) is 89.7 Å². The Balaban J connectivity index is 1.21. The van der Waals surface area contributed by atoms with Crippen molar-refractivity contribution in [2.45, 2.75) is 45.9 Å². The highest BCUT2D eigenvalue weighted by atomic mass is 32.2. The minimum Gasteiger partial charge on any atom is -0.406 e. The summed E-state index contributed by atoms with van der Waals surface area (Å²) in [4.78, 5) is 27.6. The lowest BCUT2D eigenvalue weighted by Crippen LogP contribution is -2.35. The number of urea groups is 1. The molecule has 4 aromatic rings. The summed E-state index contributed by atoms with van der Waals surface area (Å²) in [6.07, 6.45) is -0.259. The molecule has 5 rings (SSSR count). The number of aryl methyl sites for hydroxylation is 1. The van der Waals surface area contributed by atoms with E-state index in [4.69, 9.17) is 0 Å². The van der Waals surface area contributed by atoms with E-state index in [0.29, 0.717) is 29.0 Å². The lowest BCUT2D eigenvalue weighted by atomic mass is 9.95. The highest BCUT2D eigenvalue weighted by Crippen LogP contribution is 2.34. The molecule has 0 radical (unpaired) electrons. The topological polar surface area (TPSA) is 85.0 Å². The SMILES string of the molecule is Cc1cccc(N2CCCSC2=NC(=O)N=CCc2ccc(-c3ncn(-c4ccc(OC(F)(F)F)cc4)n3)cc2)c1C(C)C. The van der Waals surface area contributed by atoms with Crippen molar-refractivity contribution in [3.63, 3.8) is 0 Å². The third-order valence-corrected chi connectivity index (χ3v) is 7.98. The molecule has 0 saturated carbocycles. The molecule has 1 aromatic heterocycles. The first kappa shape index (κ1) is 31.0. The largest absolute Gasteiger partial charge is 0.573 e. The molecular weight excluding hydrogens is 589 g/mol. The van der Waals surface area contributed by atoms with E-state index in [1.807, 2.05) is 30.3 Å². The number of amidine groups is 1. The molecular formula is C32H31F3N6O2S. The van der Waals surface area contributed by atoms with Gasteiger partial charge in [0, 0.05) is 36.2 Å². The van der Waals surface area contributed by atoms with Crippen LogP contribution in [0, 0.1) is 6.92 Å². The van der Waals surface area contributed by atoms with Crippen molar-refractivity contribution >= 4 is 34.9 Å². The Morgan fingerprint density at radius 3 is 2.55 bits per heavy atom. The Kier molecular flexibility index (Phi) is 9.48. The Morgan fingerprint density at radius 2 is 1.84 bits per heavy atom. The van der Waals surface area contributed by atoms with E-state index < -0.39 is 12.4 Å².